The highest BCUT2D eigenvalue weighted by molar-refractivity contribution is 5.69. The molecule has 7 heteroatoms. The molecule has 0 bridgehead atoms. The van der Waals surface area contributed by atoms with Crippen LogP contribution in [0, 0.1) is 0 Å². The van der Waals surface area contributed by atoms with Crippen molar-refractivity contribution < 1.29 is 35.4 Å². The predicted octanol–water partition coefficient (Wildman–Crippen LogP) is 2.25. The summed E-state index contributed by atoms with van der Waals surface area (Å²) in [4.78, 5) is 0. The number of aliphatic hydroxyl groups is 1. The van der Waals surface area contributed by atoms with Crippen LogP contribution in [0.1, 0.15) is 17.2 Å². The van der Waals surface area contributed by atoms with Gasteiger partial charge < -0.3 is 35.4 Å². The van der Waals surface area contributed by atoms with Gasteiger partial charge in [-0.05, 0) is 18.2 Å². The summed E-state index contributed by atoms with van der Waals surface area (Å²) in [6, 6.07) is 4.60. The first-order chi connectivity index (χ1) is 10.4. The van der Waals surface area contributed by atoms with Gasteiger partial charge in [-0.25, -0.2) is 0 Å². The van der Waals surface area contributed by atoms with Crippen LogP contribution in [0.25, 0.3) is 6.08 Å². The molecule has 1 unspecified atom stereocenters. The van der Waals surface area contributed by atoms with E-state index >= 15 is 0 Å². The number of rotatable bonds is 1. The van der Waals surface area contributed by atoms with Crippen LogP contribution >= 0.6 is 0 Å². The fourth-order valence-electron chi connectivity index (χ4n) is 2.27. The number of benzene rings is 2. The summed E-state index contributed by atoms with van der Waals surface area (Å²) < 4.78 is 5.50. The highest BCUT2D eigenvalue weighted by Crippen LogP contribution is 2.45. The third-order valence-electron chi connectivity index (χ3n) is 3.31. The van der Waals surface area contributed by atoms with E-state index in [1.165, 1.54) is 12.1 Å². The van der Waals surface area contributed by atoms with Crippen molar-refractivity contribution in [3.8, 4) is 34.5 Å². The van der Waals surface area contributed by atoms with Gasteiger partial charge in [-0.2, -0.15) is 0 Å². The van der Waals surface area contributed by atoms with Gasteiger partial charge >= 0.3 is 0 Å². The van der Waals surface area contributed by atoms with Crippen LogP contribution < -0.4 is 4.74 Å². The standard InChI is InChI=1S/C15H12O7/c16-7-3-9(17)8-5-12(20)15(22-13(8)4-7)6-1-10(18)14(21)11(19)2-6/h1-5,15-21H. The Labute approximate surface area is 124 Å². The average molecular weight is 304 g/mol. The summed E-state index contributed by atoms with van der Waals surface area (Å²) in [5.41, 5.74) is 0.369. The van der Waals surface area contributed by atoms with Crippen molar-refractivity contribution >= 4 is 6.08 Å². The molecule has 0 aliphatic carbocycles. The molecule has 2 aromatic carbocycles. The second-order valence-corrected chi connectivity index (χ2v) is 4.85. The van der Waals surface area contributed by atoms with Crippen molar-refractivity contribution in [3.63, 3.8) is 0 Å². The molecule has 0 fully saturated rings. The minimum absolute atomic E-state index is 0.118. The third kappa shape index (κ3) is 2.08. The van der Waals surface area contributed by atoms with E-state index in [4.69, 9.17) is 4.74 Å². The van der Waals surface area contributed by atoms with Crippen LogP contribution in [0.2, 0.25) is 0 Å². The fourth-order valence-corrected chi connectivity index (χ4v) is 2.27. The lowest BCUT2D eigenvalue weighted by atomic mass is 10.0. The number of aliphatic hydroxyl groups excluding tert-OH is 1. The molecule has 2 aromatic rings. The van der Waals surface area contributed by atoms with Gasteiger partial charge in [-0.3, -0.25) is 0 Å². The topological polar surface area (TPSA) is 131 Å². The average Bonchev–Trinajstić information content (AvgIpc) is 2.44. The van der Waals surface area contributed by atoms with Crippen molar-refractivity contribution in [2.75, 3.05) is 0 Å². The molecular weight excluding hydrogens is 292 g/mol. The number of hydrogen-bond acceptors (Lipinski definition) is 7. The lowest BCUT2D eigenvalue weighted by Crippen LogP contribution is -2.14. The molecule has 6 N–H and O–H groups in total. The Morgan fingerprint density at radius 1 is 0.773 bits per heavy atom. The molecule has 0 aromatic heterocycles. The lowest BCUT2D eigenvalue weighted by Gasteiger charge is -2.25. The van der Waals surface area contributed by atoms with E-state index in [0.29, 0.717) is 0 Å². The van der Waals surface area contributed by atoms with E-state index in [1.54, 1.807) is 0 Å². The molecule has 7 nitrogen and oxygen atoms in total. The predicted molar refractivity (Wildman–Crippen MR) is 75.2 cm³/mol. The molecular formula is C15H12O7. The van der Waals surface area contributed by atoms with Crippen molar-refractivity contribution in [2.24, 2.45) is 0 Å². The van der Waals surface area contributed by atoms with E-state index in [-0.39, 0.29) is 34.1 Å². The van der Waals surface area contributed by atoms with Crippen molar-refractivity contribution in [1.82, 2.24) is 0 Å². The second-order valence-electron chi connectivity index (χ2n) is 4.85. The molecule has 0 spiro atoms. The fraction of sp³-hybridized carbons (Fsp3) is 0.0667. The Kier molecular flexibility index (Phi) is 2.91. The molecule has 1 aliphatic rings. The molecule has 0 amide bonds. The zero-order chi connectivity index (χ0) is 16.0. The van der Waals surface area contributed by atoms with Crippen molar-refractivity contribution in [2.45, 2.75) is 6.10 Å². The Morgan fingerprint density at radius 2 is 1.41 bits per heavy atom. The number of fused-ring (bicyclic) bond motifs is 1. The first kappa shape index (κ1) is 13.7. The highest BCUT2D eigenvalue weighted by atomic mass is 16.5. The quantitative estimate of drug-likeness (QED) is 0.445. The first-order valence-corrected chi connectivity index (χ1v) is 6.25. The van der Waals surface area contributed by atoms with Gasteiger partial charge in [0.25, 0.3) is 0 Å². The van der Waals surface area contributed by atoms with Gasteiger partial charge in [-0.1, -0.05) is 0 Å². The zero-order valence-electron chi connectivity index (χ0n) is 11.1. The molecule has 0 saturated heterocycles. The molecule has 22 heavy (non-hydrogen) atoms. The summed E-state index contributed by atoms with van der Waals surface area (Å²) in [5.74, 6) is -2.48. The SMILES string of the molecule is OC1=Cc2c(O)cc(O)cc2OC1c1cc(O)c(O)c(O)c1. The molecule has 3 rings (SSSR count). The van der Waals surface area contributed by atoms with E-state index < -0.39 is 23.4 Å². The largest absolute Gasteiger partial charge is 0.508 e. The number of phenolic OH excluding ortho intramolecular Hbond substituents is 5. The lowest BCUT2D eigenvalue weighted by molar-refractivity contribution is 0.173. The van der Waals surface area contributed by atoms with Crippen LogP contribution in [-0.2, 0) is 0 Å². The first-order valence-electron chi connectivity index (χ1n) is 6.25. The van der Waals surface area contributed by atoms with Crippen LogP contribution in [0.4, 0.5) is 0 Å². The Hall–Kier alpha value is -3.22. The van der Waals surface area contributed by atoms with E-state index in [0.717, 1.165) is 18.2 Å². The highest BCUT2D eigenvalue weighted by Gasteiger charge is 2.28. The number of hydrogen-bond donors (Lipinski definition) is 6. The van der Waals surface area contributed by atoms with Gasteiger partial charge in [0.2, 0.25) is 0 Å². The Balaban J connectivity index is 2.08. The maximum absolute atomic E-state index is 10.1. The van der Waals surface area contributed by atoms with Gasteiger partial charge in [0.15, 0.2) is 23.4 Å². The molecule has 1 aliphatic heterocycles. The van der Waals surface area contributed by atoms with Gasteiger partial charge in [0, 0.05) is 17.7 Å². The number of aromatic hydroxyl groups is 5. The molecule has 0 saturated carbocycles. The minimum Gasteiger partial charge on any atom is -0.508 e. The zero-order valence-corrected chi connectivity index (χ0v) is 11.1. The van der Waals surface area contributed by atoms with Crippen LogP contribution in [0.15, 0.2) is 30.0 Å². The van der Waals surface area contributed by atoms with E-state index in [9.17, 15) is 30.6 Å². The van der Waals surface area contributed by atoms with E-state index in [2.05, 4.69) is 0 Å². The summed E-state index contributed by atoms with van der Waals surface area (Å²) in [6.07, 6.45) is 0.172. The molecule has 114 valence electrons. The van der Waals surface area contributed by atoms with Crippen LogP contribution in [0.3, 0.4) is 0 Å². The summed E-state index contributed by atoms with van der Waals surface area (Å²) in [7, 11) is 0. The number of ether oxygens (including phenoxy) is 1. The monoisotopic (exact) mass is 304 g/mol. The maximum Gasteiger partial charge on any atom is 0.200 e. The van der Waals surface area contributed by atoms with Crippen LogP contribution in [-0.4, -0.2) is 30.6 Å². The maximum atomic E-state index is 10.1. The minimum atomic E-state index is -1.08. The van der Waals surface area contributed by atoms with Crippen molar-refractivity contribution in [3.05, 3.63) is 41.2 Å². The summed E-state index contributed by atoms with van der Waals surface area (Å²) in [6.45, 7) is 0. The van der Waals surface area contributed by atoms with Gasteiger partial charge in [-0.15, -0.1) is 0 Å². The Morgan fingerprint density at radius 3 is 2.05 bits per heavy atom. The van der Waals surface area contributed by atoms with Gasteiger partial charge in [0.1, 0.15) is 23.0 Å². The third-order valence-corrected chi connectivity index (χ3v) is 3.31. The molecule has 1 heterocycles. The van der Waals surface area contributed by atoms with E-state index in [1.807, 2.05) is 0 Å². The molecule has 0 radical (unpaired) electrons. The number of phenols is 5. The second kappa shape index (κ2) is 4.66. The van der Waals surface area contributed by atoms with Crippen molar-refractivity contribution in [1.29, 1.82) is 0 Å². The smallest absolute Gasteiger partial charge is 0.200 e. The Bertz CT molecular complexity index is 772. The normalized spacial score (nSPS) is 16.5. The van der Waals surface area contributed by atoms with Crippen LogP contribution in [0.5, 0.6) is 34.5 Å². The van der Waals surface area contributed by atoms with Gasteiger partial charge in [0.05, 0.1) is 5.56 Å². The summed E-state index contributed by atoms with van der Waals surface area (Å²) >= 11 is 0. The summed E-state index contributed by atoms with van der Waals surface area (Å²) in [5, 5.41) is 57.7. The molecule has 1 atom stereocenters.